The standard InChI is InChI=1S/C7H10F2.C2H6/c1-2-7(9)5-3-4-6-8;1-2/h3-5H,2,6H2,1H3;1-2H3/b4-3-,7-5+;. The second-order valence-corrected chi connectivity index (χ2v) is 1.55. The molecule has 2 heteroatoms. The van der Waals surface area contributed by atoms with E-state index in [1.807, 2.05) is 13.8 Å². The van der Waals surface area contributed by atoms with Crippen molar-refractivity contribution in [3.63, 3.8) is 0 Å². The van der Waals surface area contributed by atoms with Crippen LogP contribution in [0.15, 0.2) is 24.1 Å². The van der Waals surface area contributed by atoms with E-state index < -0.39 is 6.67 Å². The van der Waals surface area contributed by atoms with Gasteiger partial charge in [0, 0.05) is 0 Å². The Hall–Kier alpha value is -0.660. The molecule has 0 aliphatic rings. The van der Waals surface area contributed by atoms with Gasteiger partial charge in [-0.15, -0.1) is 0 Å². The molecular weight excluding hydrogens is 146 g/mol. The van der Waals surface area contributed by atoms with Crippen LogP contribution in [0.1, 0.15) is 27.2 Å². The highest BCUT2D eigenvalue weighted by Gasteiger charge is 1.82. The normalized spacial score (nSPS) is 11.2. The van der Waals surface area contributed by atoms with Crippen LogP contribution < -0.4 is 0 Å². The molecule has 0 aliphatic heterocycles. The molecular formula is C9H16F2. The summed E-state index contributed by atoms with van der Waals surface area (Å²) >= 11 is 0. The summed E-state index contributed by atoms with van der Waals surface area (Å²) in [4.78, 5) is 0. The molecule has 0 N–H and O–H groups in total. The van der Waals surface area contributed by atoms with Crippen LogP contribution in [0.4, 0.5) is 8.78 Å². The molecule has 0 aromatic carbocycles. The Morgan fingerprint density at radius 3 is 2.27 bits per heavy atom. The van der Waals surface area contributed by atoms with Crippen molar-refractivity contribution < 1.29 is 8.78 Å². The van der Waals surface area contributed by atoms with Crippen LogP contribution in [-0.2, 0) is 0 Å². The lowest BCUT2D eigenvalue weighted by atomic mass is 10.3. The number of hydrogen-bond donors (Lipinski definition) is 0. The third-order valence-corrected chi connectivity index (χ3v) is 0.840. The first kappa shape index (κ1) is 13.0. The molecule has 0 aromatic heterocycles. The van der Waals surface area contributed by atoms with Crippen LogP contribution >= 0.6 is 0 Å². The number of halogens is 2. The fourth-order valence-electron chi connectivity index (χ4n) is 0.342. The van der Waals surface area contributed by atoms with Crippen LogP contribution in [0, 0.1) is 0 Å². The van der Waals surface area contributed by atoms with Crippen molar-refractivity contribution in [3.8, 4) is 0 Å². The van der Waals surface area contributed by atoms with Crippen molar-refractivity contribution in [3.05, 3.63) is 24.1 Å². The number of allylic oxidation sites excluding steroid dienone is 4. The van der Waals surface area contributed by atoms with Gasteiger partial charge in [-0.25, -0.2) is 8.78 Å². The molecule has 0 bridgehead atoms. The summed E-state index contributed by atoms with van der Waals surface area (Å²) in [7, 11) is 0. The number of alkyl halides is 1. The van der Waals surface area contributed by atoms with Gasteiger partial charge in [-0.05, 0) is 12.5 Å². The first-order valence-electron chi connectivity index (χ1n) is 3.88. The lowest BCUT2D eigenvalue weighted by molar-refractivity contribution is 0.561. The van der Waals surface area contributed by atoms with Gasteiger partial charge < -0.3 is 0 Å². The first-order chi connectivity index (χ1) is 5.31. The minimum Gasteiger partial charge on any atom is -0.247 e. The molecule has 0 atom stereocenters. The highest BCUT2D eigenvalue weighted by Crippen LogP contribution is 2.00. The molecule has 0 aromatic rings. The molecule has 0 amide bonds. The molecule has 0 heterocycles. The predicted octanol–water partition coefficient (Wildman–Crippen LogP) is 3.80. The molecule has 0 aliphatic carbocycles. The van der Waals surface area contributed by atoms with E-state index >= 15 is 0 Å². The average molecular weight is 162 g/mol. The first-order valence-corrected chi connectivity index (χ1v) is 3.88. The summed E-state index contributed by atoms with van der Waals surface area (Å²) in [6.07, 6.45) is 4.27. The van der Waals surface area contributed by atoms with Gasteiger partial charge >= 0.3 is 0 Å². The Morgan fingerprint density at radius 2 is 1.91 bits per heavy atom. The second-order valence-electron chi connectivity index (χ2n) is 1.55. The highest BCUT2D eigenvalue weighted by atomic mass is 19.1. The van der Waals surface area contributed by atoms with Crippen LogP contribution in [0.25, 0.3) is 0 Å². The van der Waals surface area contributed by atoms with Gasteiger partial charge in [0.15, 0.2) is 0 Å². The van der Waals surface area contributed by atoms with Crippen molar-refractivity contribution in [2.45, 2.75) is 27.2 Å². The minimum atomic E-state index is -0.534. The van der Waals surface area contributed by atoms with Crippen molar-refractivity contribution in [2.24, 2.45) is 0 Å². The monoisotopic (exact) mass is 162 g/mol. The van der Waals surface area contributed by atoms with E-state index in [9.17, 15) is 8.78 Å². The van der Waals surface area contributed by atoms with Gasteiger partial charge in [0.05, 0.1) is 5.83 Å². The molecule has 0 rings (SSSR count). The predicted molar refractivity (Wildman–Crippen MR) is 45.9 cm³/mol. The van der Waals surface area contributed by atoms with E-state index in [1.165, 1.54) is 18.2 Å². The van der Waals surface area contributed by atoms with Crippen LogP contribution in [0.5, 0.6) is 0 Å². The third kappa shape index (κ3) is 12.5. The van der Waals surface area contributed by atoms with Gasteiger partial charge in [0.25, 0.3) is 0 Å². The van der Waals surface area contributed by atoms with E-state index in [-0.39, 0.29) is 5.83 Å². The van der Waals surface area contributed by atoms with E-state index in [0.29, 0.717) is 6.42 Å². The Balaban J connectivity index is 0. The fraction of sp³-hybridized carbons (Fsp3) is 0.556. The van der Waals surface area contributed by atoms with E-state index in [4.69, 9.17) is 0 Å². The summed E-state index contributed by atoms with van der Waals surface area (Å²) < 4.78 is 23.5. The number of hydrogen-bond acceptors (Lipinski definition) is 0. The summed E-state index contributed by atoms with van der Waals surface area (Å²) in [5.41, 5.74) is 0. The average Bonchev–Trinajstić information content (AvgIpc) is 2.08. The van der Waals surface area contributed by atoms with Crippen molar-refractivity contribution in [1.29, 1.82) is 0 Å². The molecule has 0 spiro atoms. The molecule has 0 nitrogen and oxygen atoms in total. The lowest BCUT2D eigenvalue weighted by Crippen LogP contribution is -1.65. The van der Waals surface area contributed by atoms with E-state index in [2.05, 4.69) is 0 Å². The van der Waals surface area contributed by atoms with Gasteiger partial charge in [0.2, 0.25) is 0 Å². The topological polar surface area (TPSA) is 0 Å². The van der Waals surface area contributed by atoms with Gasteiger partial charge in [0.1, 0.15) is 6.67 Å². The summed E-state index contributed by atoms with van der Waals surface area (Å²) in [5.74, 6) is -0.222. The van der Waals surface area contributed by atoms with E-state index in [1.54, 1.807) is 6.92 Å². The molecule has 0 saturated carbocycles. The fourth-order valence-corrected chi connectivity index (χ4v) is 0.342. The lowest BCUT2D eigenvalue weighted by Gasteiger charge is -1.82. The van der Waals surface area contributed by atoms with Crippen LogP contribution in [0.2, 0.25) is 0 Å². The van der Waals surface area contributed by atoms with Crippen LogP contribution in [0.3, 0.4) is 0 Å². The molecule has 66 valence electrons. The quantitative estimate of drug-likeness (QED) is 0.554. The van der Waals surface area contributed by atoms with Crippen LogP contribution in [-0.4, -0.2) is 6.67 Å². The largest absolute Gasteiger partial charge is 0.247 e. The summed E-state index contributed by atoms with van der Waals surface area (Å²) in [6.45, 7) is 5.17. The molecule has 0 radical (unpaired) electrons. The maximum absolute atomic E-state index is 12.1. The molecule has 0 saturated heterocycles. The van der Waals surface area contributed by atoms with Crippen molar-refractivity contribution in [2.75, 3.05) is 6.67 Å². The van der Waals surface area contributed by atoms with Gasteiger partial charge in [-0.1, -0.05) is 32.9 Å². The second kappa shape index (κ2) is 12.1. The SMILES string of the molecule is CC.CC/C(F)=C\C=C/CF. The third-order valence-electron chi connectivity index (χ3n) is 0.840. The minimum absolute atomic E-state index is 0.222. The zero-order valence-corrected chi connectivity index (χ0v) is 7.40. The van der Waals surface area contributed by atoms with Gasteiger partial charge in [-0.3, -0.25) is 0 Å². The Morgan fingerprint density at radius 1 is 1.36 bits per heavy atom. The highest BCUT2D eigenvalue weighted by molar-refractivity contribution is 5.06. The molecule has 11 heavy (non-hydrogen) atoms. The maximum Gasteiger partial charge on any atom is 0.108 e. The zero-order chi connectivity index (χ0) is 9.11. The summed E-state index contributed by atoms with van der Waals surface area (Å²) in [6, 6.07) is 0. The molecule has 0 fully saturated rings. The van der Waals surface area contributed by atoms with Crippen molar-refractivity contribution >= 4 is 0 Å². The van der Waals surface area contributed by atoms with E-state index in [0.717, 1.165) is 0 Å². The molecule has 0 unspecified atom stereocenters. The smallest absolute Gasteiger partial charge is 0.108 e. The zero-order valence-electron chi connectivity index (χ0n) is 7.40. The Bertz CT molecular complexity index is 115. The van der Waals surface area contributed by atoms with Gasteiger partial charge in [-0.2, -0.15) is 0 Å². The maximum atomic E-state index is 12.1. The number of rotatable bonds is 3. The van der Waals surface area contributed by atoms with Crippen molar-refractivity contribution in [1.82, 2.24) is 0 Å². The Labute approximate surface area is 67.6 Å². The Kier molecular flexibility index (Phi) is 14.2. The summed E-state index contributed by atoms with van der Waals surface area (Å²) in [5, 5.41) is 0.